The first-order chi connectivity index (χ1) is 17.0. The molecular formula is C25H15N3O6S. The fourth-order valence-electron chi connectivity index (χ4n) is 4.36. The van der Waals surface area contributed by atoms with Crippen molar-refractivity contribution in [1.82, 2.24) is 4.98 Å². The first-order valence-electron chi connectivity index (χ1n) is 10.5. The molecule has 2 aromatic heterocycles. The summed E-state index contributed by atoms with van der Waals surface area (Å²) in [5, 5.41) is 12.1. The summed E-state index contributed by atoms with van der Waals surface area (Å²) >= 11 is 1.25. The SMILES string of the molecule is COc1ccc2nc(N3C(=O)c4oc5ccccc5c(=O)c4[C@H]3c3cccc([N+](=O)[O-])c3)sc2c1. The van der Waals surface area contributed by atoms with Gasteiger partial charge in [-0.3, -0.25) is 24.6 Å². The lowest BCUT2D eigenvalue weighted by molar-refractivity contribution is -0.384. The largest absolute Gasteiger partial charge is 0.497 e. The number of thiazole rings is 1. The highest BCUT2D eigenvalue weighted by Gasteiger charge is 2.45. The van der Waals surface area contributed by atoms with Crippen LogP contribution in [0.2, 0.25) is 0 Å². The van der Waals surface area contributed by atoms with Gasteiger partial charge in [0, 0.05) is 12.1 Å². The van der Waals surface area contributed by atoms with Gasteiger partial charge >= 0.3 is 0 Å². The van der Waals surface area contributed by atoms with Crippen LogP contribution in [0.1, 0.15) is 27.7 Å². The summed E-state index contributed by atoms with van der Waals surface area (Å²) in [6.45, 7) is 0. The summed E-state index contributed by atoms with van der Waals surface area (Å²) in [5.41, 5.74) is 0.964. The van der Waals surface area contributed by atoms with Crippen LogP contribution in [0.15, 0.2) is 75.9 Å². The van der Waals surface area contributed by atoms with Crippen molar-refractivity contribution >= 4 is 49.2 Å². The summed E-state index contributed by atoms with van der Waals surface area (Å²) in [5.74, 6) is 0.00878. The predicted octanol–water partition coefficient (Wildman–Crippen LogP) is 5.07. The van der Waals surface area contributed by atoms with E-state index in [2.05, 4.69) is 4.98 Å². The number of amides is 1. The van der Waals surface area contributed by atoms with Crippen LogP contribution in [-0.2, 0) is 0 Å². The Labute approximate surface area is 201 Å². The summed E-state index contributed by atoms with van der Waals surface area (Å²) in [4.78, 5) is 44.3. The molecule has 0 bridgehead atoms. The molecule has 6 rings (SSSR count). The number of nitrogens with zero attached hydrogens (tertiary/aromatic N) is 3. The molecule has 3 heterocycles. The summed E-state index contributed by atoms with van der Waals surface area (Å²) in [6.07, 6.45) is 0. The highest BCUT2D eigenvalue weighted by molar-refractivity contribution is 7.22. The maximum Gasteiger partial charge on any atom is 0.297 e. The zero-order chi connectivity index (χ0) is 24.3. The number of aromatic nitrogens is 1. The summed E-state index contributed by atoms with van der Waals surface area (Å²) < 4.78 is 12.0. The standard InChI is InChI=1S/C25H15N3O6S/c1-33-15-9-10-17-19(12-15)35-25(26-17)27-21(13-5-4-6-14(11-13)28(31)32)20-22(29)16-7-2-3-8-18(16)34-23(20)24(27)30/h2-12,21H,1H3/t21-/m1/s1. The fourth-order valence-corrected chi connectivity index (χ4v) is 5.38. The number of nitro groups is 1. The maximum atomic E-state index is 13.7. The van der Waals surface area contributed by atoms with Gasteiger partial charge in [-0.1, -0.05) is 35.6 Å². The first kappa shape index (κ1) is 21.0. The van der Waals surface area contributed by atoms with E-state index >= 15 is 0 Å². The molecule has 35 heavy (non-hydrogen) atoms. The molecule has 0 saturated heterocycles. The van der Waals surface area contributed by atoms with Gasteiger partial charge in [-0.25, -0.2) is 4.98 Å². The highest BCUT2D eigenvalue weighted by Crippen LogP contribution is 2.44. The van der Waals surface area contributed by atoms with Crippen molar-refractivity contribution in [2.45, 2.75) is 6.04 Å². The van der Waals surface area contributed by atoms with E-state index in [-0.39, 0.29) is 22.4 Å². The van der Waals surface area contributed by atoms with Crippen LogP contribution in [0.3, 0.4) is 0 Å². The number of hydrogen-bond donors (Lipinski definition) is 0. The van der Waals surface area contributed by atoms with Crippen LogP contribution in [0, 0.1) is 10.1 Å². The number of hydrogen-bond acceptors (Lipinski definition) is 8. The summed E-state index contributed by atoms with van der Waals surface area (Å²) in [7, 11) is 1.56. The number of nitro benzene ring substituents is 1. The fraction of sp³-hybridized carbons (Fsp3) is 0.0800. The smallest absolute Gasteiger partial charge is 0.297 e. The topological polar surface area (TPSA) is 116 Å². The minimum atomic E-state index is -0.944. The number of rotatable bonds is 4. The second-order valence-corrected chi connectivity index (χ2v) is 8.94. The van der Waals surface area contributed by atoms with Crippen LogP contribution in [0.25, 0.3) is 21.2 Å². The van der Waals surface area contributed by atoms with E-state index < -0.39 is 16.9 Å². The van der Waals surface area contributed by atoms with Crippen molar-refractivity contribution in [3.05, 3.63) is 104 Å². The number of carbonyl (C=O) groups excluding carboxylic acids is 1. The maximum absolute atomic E-state index is 13.7. The Morgan fingerprint density at radius 1 is 1.09 bits per heavy atom. The molecule has 0 saturated carbocycles. The van der Waals surface area contributed by atoms with E-state index in [1.165, 1.54) is 34.4 Å². The molecule has 1 aliphatic heterocycles. The van der Waals surface area contributed by atoms with E-state index in [1.54, 1.807) is 49.6 Å². The molecule has 0 radical (unpaired) electrons. The molecule has 0 N–H and O–H groups in total. The molecule has 0 aliphatic carbocycles. The number of benzene rings is 3. The van der Waals surface area contributed by atoms with Gasteiger partial charge in [0.1, 0.15) is 11.3 Å². The minimum Gasteiger partial charge on any atom is -0.497 e. The second-order valence-electron chi connectivity index (χ2n) is 7.93. The van der Waals surface area contributed by atoms with Crippen molar-refractivity contribution in [3.63, 3.8) is 0 Å². The Hall–Kier alpha value is -4.57. The molecule has 1 aliphatic rings. The van der Waals surface area contributed by atoms with Gasteiger partial charge in [0.25, 0.3) is 11.6 Å². The van der Waals surface area contributed by atoms with Crippen LogP contribution >= 0.6 is 11.3 Å². The van der Waals surface area contributed by atoms with Crippen molar-refractivity contribution in [1.29, 1.82) is 0 Å². The molecule has 0 unspecified atom stereocenters. The average molecular weight is 485 g/mol. The third kappa shape index (κ3) is 3.18. The number of ether oxygens (including phenoxy) is 1. The zero-order valence-electron chi connectivity index (χ0n) is 18.1. The van der Waals surface area contributed by atoms with Gasteiger partial charge in [-0.15, -0.1) is 0 Å². The van der Waals surface area contributed by atoms with E-state index in [1.807, 2.05) is 6.07 Å². The number of carbonyl (C=O) groups is 1. The van der Waals surface area contributed by atoms with E-state index in [4.69, 9.17) is 9.15 Å². The molecular weight excluding hydrogens is 470 g/mol. The van der Waals surface area contributed by atoms with Gasteiger partial charge in [-0.05, 0) is 35.9 Å². The normalized spacial score (nSPS) is 15.1. The highest BCUT2D eigenvalue weighted by atomic mass is 32.1. The number of para-hydroxylation sites is 1. The zero-order valence-corrected chi connectivity index (χ0v) is 18.9. The van der Waals surface area contributed by atoms with Crippen molar-refractivity contribution in [2.24, 2.45) is 0 Å². The lowest BCUT2D eigenvalue weighted by atomic mass is 9.98. The third-order valence-electron chi connectivity index (χ3n) is 5.96. The van der Waals surface area contributed by atoms with Crippen molar-refractivity contribution < 1.29 is 18.9 Å². The third-order valence-corrected chi connectivity index (χ3v) is 6.98. The molecule has 172 valence electrons. The van der Waals surface area contributed by atoms with Crippen LogP contribution in [0.4, 0.5) is 10.8 Å². The van der Waals surface area contributed by atoms with Gasteiger partial charge in [0.05, 0.1) is 39.2 Å². The Morgan fingerprint density at radius 3 is 2.71 bits per heavy atom. The van der Waals surface area contributed by atoms with Gasteiger partial charge in [-0.2, -0.15) is 0 Å². The van der Waals surface area contributed by atoms with Gasteiger partial charge in [0.15, 0.2) is 10.6 Å². The van der Waals surface area contributed by atoms with E-state index in [0.29, 0.717) is 32.9 Å². The Balaban J connectivity index is 1.63. The van der Waals surface area contributed by atoms with Gasteiger partial charge < -0.3 is 9.15 Å². The predicted molar refractivity (Wildman–Crippen MR) is 130 cm³/mol. The first-order valence-corrected chi connectivity index (χ1v) is 11.4. The summed E-state index contributed by atoms with van der Waals surface area (Å²) in [6, 6.07) is 17.0. The second kappa shape index (κ2) is 7.74. The van der Waals surface area contributed by atoms with E-state index in [0.717, 1.165) is 4.70 Å². The lowest BCUT2D eigenvalue weighted by Crippen LogP contribution is -2.29. The monoisotopic (exact) mass is 485 g/mol. The number of fused-ring (bicyclic) bond motifs is 3. The molecule has 5 aromatic rings. The molecule has 9 nitrogen and oxygen atoms in total. The number of non-ortho nitro benzene ring substituents is 1. The van der Waals surface area contributed by atoms with Crippen LogP contribution < -0.4 is 15.1 Å². The van der Waals surface area contributed by atoms with Crippen LogP contribution in [-0.4, -0.2) is 22.9 Å². The number of anilines is 1. The Kier molecular flexibility index (Phi) is 4.64. The molecule has 1 atom stereocenters. The molecule has 0 fully saturated rings. The molecule has 0 spiro atoms. The lowest BCUT2D eigenvalue weighted by Gasteiger charge is -2.22. The van der Waals surface area contributed by atoms with Crippen molar-refractivity contribution in [2.75, 3.05) is 12.0 Å². The van der Waals surface area contributed by atoms with Crippen molar-refractivity contribution in [3.8, 4) is 5.75 Å². The van der Waals surface area contributed by atoms with Crippen LogP contribution in [0.5, 0.6) is 5.75 Å². The van der Waals surface area contributed by atoms with E-state index in [9.17, 15) is 19.7 Å². The quantitative estimate of drug-likeness (QED) is 0.258. The Bertz CT molecular complexity index is 1740. The average Bonchev–Trinajstić information content (AvgIpc) is 3.42. The number of methoxy groups -OCH3 is 1. The van der Waals surface area contributed by atoms with Gasteiger partial charge in [0.2, 0.25) is 5.76 Å². The molecule has 10 heteroatoms. The minimum absolute atomic E-state index is 0.0953. The Morgan fingerprint density at radius 2 is 1.91 bits per heavy atom. The molecule has 1 amide bonds. The molecule has 3 aromatic carbocycles.